The van der Waals surface area contributed by atoms with Gasteiger partial charge < -0.3 is 15.3 Å². The van der Waals surface area contributed by atoms with Crippen LogP contribution in [0.5, 0.6) is 0 Å². The number of para-hydroxylation sites is 1. The molecule has 1 aromatic carbocycles. The van der Waals surface area contributed by atoms with E-state index in [4.69, 9.17) is 0 Å². The third kappa shape index (κ3) is 1.44. The molecule has 4 heteroatoms. The van der Waals surface area contributed by atoms with Gasteiger partial charge in [0, 0.05) is 25.3 Å². The highest BCUT2D eigenvalue weighted by atomic mass is 16.4. The first-order valence-corrected chi connectivity index (χ1v) is 6.04. The molecule has 17 heavy (non-hydrogen) atoms. The smallest absolute Gasteiger partial charge is 0.332 e. The lowest BCUT2D eigenvalue weighted by molar-refractivity contribution is -0.145. The van der Waals surface area contributed by atoms with E-state index in [0.717, 1.165) is 25.1 Å². The Bertz CT molecular complexity index is 454. The van der Waals surface area contributed by atoms with Crippen LogP contribution >= 0.6 is 0 Å². The molecular formula is C13H16N2O2. The van der Waals surface area contributed by atoms with Gasteiger partial charge in [-0.1, -0.05) is 18.2 Å². The summed E-state index contributed by atoms with van der Waals surface area (Å²) in [6.07, 6.45) is 2.09. The number of carboxylic acids is 1. The van der Waals surface area contributed by atoms with Crippen molar-refractivity contribution in [2.75, 3.05) is 24.5 Å². The third-order valence-electron chi connectivity index (χ3n) is 3.86. The number of hydrogen-bond acceptors (Lipinski definition) is 3. The fourth-order valence-corrected chi connectivity index (χ4v) is 2.80. The molecule has 0 unspecified atom stereocenters. The molecule has 1 aromatic rings. The molecule has 2 aliphatic heterocycles. The number of carboxylic acid groups (broad SMARTS) is 1. The van der Waals surface area contributed by atoms with E-state index in [1.165, 1.54) is 5.56 Å². The maximum atomic E-state index is 11.5. The Morgan fingerprint density at radius 3 is 2.76 bits per heavy atom. The van der Waals surface area contributed by atoms with E-state index in [9.17, 15) is 9.90 Å². The first kappa shape index (κ1) is 10.6. The highest BCUT2D eigenvalue weighted by Gasteiger charge is 2.50. The van der Waals surface area contributed by atoms with Crippen LogP contribution in [0, 0.1) is 0 Å². The fourth-order valence-electron chi connectivity index (χ4n) is 2.80. The number of carbonyl (C=O) groups is 1. The number of aryl methyl sites for hydroxylation is 1. The fraction of sp³-hybridized carbons (Fsp3) is 0.462. The zero-order valence-electron chi connectivity index (χ0n) is 9.65. The number of hydrogen-bond donors (Lipinski definition) is 2. The number of aliphatic carboxylic acids is 1. The van der Waals surface area contributed by atoms with Gasteiger partial charge in [-0.3, -0.25) is 0 Å². The summed E-state index contributed by atoms with van der Waals surface area (Å²) < 4.78 is 0. The molecular weight excluding hydrogens is 216 g/mol. The van der Waals surface area contributed by atoms with Crippen LogP contribution in [0.1, 0.15) is 12.0 Å². The molecule has 3 rings (SSSR count). The monoisotopic (exact) mass is 232 g/mol. The van der Waals surface area contributed by atoms with Crippen molar-refractivity contribution in [2.24, 2.45) is 0 Å². The van der Waals surface area contributed by atoms with Crippen LogP contribution < -0.4 is 10.2 Å². The molecule has 90 valence electrons. The lowest BCUT2D eigenvalue weighted by atomic mass is 9.86. The Morgan fingerprint density at radius 2 is 2.12 bits per heavy atom. The predicted octanol–water partition coefficient (Wildman–Crippen LogP) is 0.866. The molecule has 2 heterocycles. The molecule has 0 amide bonds. The Balaban J connectivity index is 2.02. The quantitative estimate of drug-likeness (QED) is 0.794. The van der Waals surface area contributed by atoms with E-state index < -0.39 is 11.5 Å². The van der Waals surface area contributed by atoms with Crippen LogP contribution in [0.4, 0.5) is 5.69 Å². The van der Waals surface area contributed by atoms with Crippen LogP contribution in [0.25, 0.3) is 0 Å². The lowest BCUT2D eigenvalue weighted by Gasteiger charge is -2.50. The van der Waals surface area contributed by atoms with E-state index >= 15 is 0 Å². The first-order chi connectivity index (χ1) is 8.24. The summed E-state index contributed by atoms with van der Waals surface area (Å²) in [5, 5.41) is 12.6. The molecule has 0 bridgehead atoms. The van der Waals surface area contributed by atoms with Crippen LogP contribution in [0.3, 0.4) is 0 Å². The molecule has 2 N–H and O–H groups in total. The summed E-state index contributed by atoms with van der Waals surface area (Å²) in [4.78, 5) is 13.6. The van der Waals surface area contributed by atoms with Crippen LogP contribution in [0.15, 0.2) is 24.3 Å². The zero-order chi connectivity index (χ0) is 11.9. The lowest BCUT2D eigenvalue weighted by Crippen LogP contribution is -2.74. The molecule has 0 aliphatic carbocycles. The molecule has 2 aliphatic rings. The highest BCUT2D eigenvalue weighted by Crippen LogP contribution is 2.34. The average molecular weight is 232 g/mol. The third-order valence-corrected chi connectivity index (χ3v) is 3.86. The molecule has 4 nitrogen and oxygen atoms in total. The van der Waals surface area contributed by atoms with E-state index in [2.05, 4.69) is 16.3 Å². The second kappa shape index (κ2) is 3.74. The zero-order valence-corrected chi connectivity index (χ0v) is 9.65. The summed E-state index contributed by atoms with van der Waals surface area (Å²) in [7, 11) is 0. The molecule has 1 fully saturated rings. The minimum absolute atomic E-state index is 0.538. The summed E-state index contributed by atoms with van der Waals surface area (Å²) in [5.41, 5.74) is 1.64. The highest BCUT2D eigenvalue weighted by molar-refractivity contribution is 5.86. The van der Waals surface area contributed by atoms with Gasteiger partial charge in [0.1, 0.15) is 0 Å². The van der Waals surface area contributed by atoms with Crippen molar-refractivity contribution < 1.29 is 9.90 Å². The summed E-state index contributed by atoms with van der Waals surface area (Å²) in [6.45, 7) is 1.92. The van der Waals surface area contributed by atoms with Crippen molar-refractivity contribution in [1.82, 2.24) is 5.32 Å². The number of nitrogens with zero attached hydrogens (tertiary/aromatic N) is 1. The average Bonchev–Trinajstić information content (AvgIpc) is 2.27. The summed E-state index contributed by atoms with van der Waals surface area (Å²) >= 11 is 0. The standard InChI is InChI=1S/C13H16N2O2/c16-12(17)13(8-14-9-13)15-7-3-5-10-4-1-2-6-11(10)15/h1-2,4,6,14H,3,5,7-9H2,(H,16,17). The second-order valence-electron chi connectivity index (χ2n) is 4.82. The van der Waals surface area contributed by atoms with E-state index in [0.29, 0.717) is 13.1 Å². The van der Waals surface area contributed by atoms with E-state index in [1.807, 2.05) is 18.2 Å². The topological polar surface area (TPSA) is 52.6 Å². The maximum Gasteiger partial charge on any atom is 0.332 e. The largest absolute Gasteiger partial charge is 0.479 e. The van der Waals surface area contributed by atoms with Crippen LogP contribution in [-0.4, -0.2) is 36.2 Å². The number of fused-ring (bicyclic) bond motifs is 1. The Kier molecular flexibility index (Phi) is 2.33. The van der Waals surface area contributed by atoms with Gasteiger partial charge in [0.2, 0.25) is 0 Å². The second-order valence-corrected chi connectivity index (χ2v) is 4.82. The van der Waals surface area contributed by atoms with Gasteiger partial charge in [0.05, 0.1) is 0 Å². The van der Waals surface area contributed by atoms with Gasteiger partial charge in [0.15, 0.2) is 5.54 Å². The minimum atomic E-state index is -0.726. The summed E-state index contributed by atoms with van der Waals surface area (Å²) in [5.74, 6) is -0.715. The molecule has 0 spiro atoms. The van der Waals surface area contributed by atoms with Crippen molar-refractivity contribution in [3.05, 3.63) is 29.8 Å². The van der Waals surface area contributed by atoms with Gasteiger partial charge in [-0.05, 0) is 24.5 Å². The van der Waals surface area contributed by atoms with Gasteiger partial charge >= 0.3 is 5.97 Å². The molecule has 0 radical (unpaired) electrons. The number of rotatable bonds is 2. The molecule has 0 atom stereocenters. The maximum absolute atomic E-state index is 11.5. The van der Waals surface area contributed by atoms with Gasteiger partial charge in [-0.25, -0.2) is 4.79 Å². The van der Waals surface area contributed by atoms with E-state index in [1.54, 1.807) is 0 Å². The van der Waals surface area contributed by atoms with Crippen LogP contribution in [0.2, 0.25) is 0 Å². The van der Waals surface area contributed by atoms with Gasteiger partial charge in [-0.15, -0.1) is 0 Å². The van der Waals surface area contributed by atoms with Crippen molar-refractivity contribution >= 4 is 11.7 Å². The number of anilines is 1. The van der Waals surface area contributed by atoms with Crippen molar-refractivity contribution in [3.63, 3.8) is 0 Å². The van der Waals surface area contributed by atoms with E-state index in [-0.39, 0.29) is 0 Å². The van der Waals surface area contributed by atoms with Gasteiger partial charge in [0.25, 0.3) is 0 Å². The summed E-state index contributed by atoms with van der Waals surface area (Å²) in [6, 6.07) is 8.15. The Morgan fingerprint density at radius 1 is 1.35 bits per heavy atom. The van der Waals surface area contributed by atoms with Crippen molar-refractivity contribution in [2.45, 2.75) is 18.4 Å². The molecule has 0 saturated carbocycles. The SMILES string of the molecule is O=C(O)C1(N2CCCc3ccccc32)CNC1. The van der Waals surface area contributed by atoms with Gasteiger partial charge in [-0.2, -0.15) is 0 Å². The Hall–Kier alpha value is -1.55. The predicted molar refractivity (Wildman–Crippen MR) is 65.3 cm³/mol. The minimum Gasteiger partial charge on any atom is -0.479 e. The first-order valence-electron chi connectivity index (χ1n) is 6.04. The number of nitrogens with one attached hydrogen (secondary N) is 1. The van der Waals surface area contributed by atoms with Crippen molar-refractivity contribution in [1.29, 1.82) is 0 Å². The Labute approximate surface area is 100 Å². The molecule has 0 aromatic heterocycles. The van der Waals surface area contributed by atoms with Crippen LogP contribution in [-0.2, 0) is 11.2 Å². The molecule has 1 saturated heterocycles. The normalized spacial score (nSPS) is 21.5. The van der Waals surface area contributed by atoms with Crippen molar-refractivity contribution in [3.8, 4) is 0 Å². The number of benzene rings is 1.